The fraction of sp³-hybridized carbons (Fsp3) is 0.500. The highest BCUT2D eigenvalue weighted by Gasteiger charge is 2.00. The molecule has 0 radical (unpaired) electrons. The van der Waals surface area contributed by atoms with Crippen molar-refractivity contribution in [3.05, 3.63) is 23.4 Å². The lowest BCUT2D eigenvalue weighted by Crippen LogP contribution is -2.27. The molecule has 0 aliphatic carbocycles. The zero-order chi connectivity index (χ0) is 12.0. The highest BCUT2D eigenvalue weighted by Crippen LogP contribution is 2.11. The summed E-state index contributed by atoms with van der Waals surface area (Å²) in [6.07, 6.45) is 0. The van der Waals surface area contributed by atoms with Gasteiger partial charge in [-0.15, -0.1) is 0 Å². The van der Waals surface area contributed by atoms with E-state index in [9.17, 15) is 0 Å². The van der Waals surface area contributed by atoms with Gasteiger partial charge < -0.3 is 10.1 Å². The molecule has 0 amide bonds. The van der Waals surface area contributed by atoms with E-state index in [4.69, 9.17) is 10.00 Å². The van der Waals surface area contributed by atoms with E-state index in [-0.39, 0.29) is 0 Å². The third-order valence-corrected chi connectivity index (χ3v) is 1.96. The number of ether oxygens (including phenoxy) is 1. The van der Waals surface area contributed by atoms with Crippen LogP contribution in [0.1, 0.15) is 25.1 Å². The second-order valence-electron chi connectivity index (χ2n) is 3.90. The maximum absolute atomic E-state index is 8.79. The van der Waals surface area contributed by atoms with E-state index in [0.29, 0.717) is 24.1 Å². The maximum atomic E-state index is 8.79. The molecular formula is C12H17N3O. The zero-order valence-corrected chi connectivity index (χ0v) is 9.95. The second-order valence-corrected chi connectivity index (χ2v) is 3.90. The highest BCUT2D eigenvalue weighted by atomic mass is 16.5. The predicted molar refractivity (Wildman–Crippen MR) is 62.3 cm³/mol. The lowest BCUT2D eigenvalue weighted by atomic mass is 10.2. The smallest absolute Gasteiger partial charge is 0.214 e. The molecule has 1 heterocycles. The molecule has 0 bridgehead atoms. The van der Waals surface area contributed by atoms with Crippen LogP contribution in [0.25, 0.3) is 0 Å². The Hall–Kier alpha value is -1.60. The summed E-state index contributed by atoms with van der Waals surface area (Å²) < 4.78 is 5.46. The molecule has 1 N–H and O–H groups in total. The minimum atomic E-state index is 0.448. The molecule has 0 unspecified atom stereocenters. The van der Waals surface area contributed by atoms with Gasteiger partial charge in [-0.2, -0.15) is 5.26 Å². The number of hydrogen-bond acceptors (Lipinski definition) is 4. The molecule has 0 fully saturated rings. The SMILES string of the molecule is Cc1cc(C#N)cc(OCCNC(C)C)n1. The summed E-state index contributed by atoms with van der Waals surface area (Å²) in [6, 6.07) is 5.92. The van der Waals surface area contributed by atoms with Crippen molar-refractivity contribution in [2.75, 3.05) is 13.2 Å². The van der Waals surface area contributed by atoms with Gasteiger partial charge in [0.2, 0.25) is 5.88 Å². The number of aromatic nitrogens is 1. The quantitative estimate of drug-likeness (QED) is 0.765. The van der Waals surface area contributed by atoms with Gasteiger partial charge in [0, 0.05) is 24.3 Å². The number of nitrogens with zero attached hydrogens (tertiary/aromatic N) is 2. The molecule has 0 spiro atoms. The van der Waals surface area contributed by atoms with Crippen LogP contribution in [0.5, 0.6) is 5.88 Å². The molecule has 0 atom stereocenters. The van der Waals surface area contributed by atoms with E-state index in [1.54, 1.807) is 12.1 Å². The van der Waals surface area contributed by atoms with Gasteiger partial charge in [0.1, 0.15) is 6.61 Å². The zero-order valence-electron chi connectivity index (χ0n) is 9.95. The fourth-order valence-corrected chi connectivity index (χ4v) is 1.28. The van der Waals surface area contributed by atoms with Crippen LogP contribution in [-0.4, -0.2) is 24.2 Å². The van der Waals surface area contributed by atoms with Crippen molar-refractivity contribution in [3.8, 4) is 11.9 Å². The first-order valence-electron chi connectivity index (χ1n) is 5.37. The molecule has 0 saturated carbocycles. The number of hydrogen-bond donors (Lipinski definition) is 1. The van der Waals surface area contributed by atoms with E-state index in [1.165, 1.54) is 0 Å². The first-order chi connectivity index (χ1) is 7.61. The summed E-state index contributed by atoms with van der Waals surface area (Å²) in [5.41, 5.74) is 1.38. The second kappa shape index (κ2) is 6.09. The molecule has 1 aromatic heterocycles. The van der Waals surface area contributed by atoms with Crippen LogP contribution >= 0.6 is 0 Å². The summed E-state index contributed by atoms with van der Waals surface area (Å²) >= 11 is 0. The number of nitrogens with one attached hydrogen (secondary N) is 1. The molecule has 0 aliphatic rings. The molecule has 1 rings (SSSR count). The Labute approximate surface area is 96.3 Å². The first-order valence-corrected chi connectivity index (χ1v) is 5.37. The van der Waals surface area contributed by atoms with E-state index < -0.39 is 0 Å². The van der Waals surface area contributed by atoms with Gasteiger partial charge in [-0.3, -0.25) is 0 Å². The Balaban J connectivity index is 2.48. The van der Waals surface area contributed by atoms with Gasteiger partial charge in [-0.25, -0.2) is 4.98 Å². The topological polar surface area (TPSA) is 57.9 Å². The van der Waals surface area contributed by atoms with Crippen LogP contribution in [0.15, 0.2) is 12.1 Å². The number of nitriles is 1. The Morgan fingerprint density at radius 1 is 1.50 bits per heavy atom. The van der Waals surface area contributed by atoms with E-state index in [2.05, 4.69) is 30.2 Å². The monoisotopic (exact) mass is 219 g/mol. The lowest BCUT2D eigenvalue weighted by molar-refractivity contribution is 0.297. The van der Waals surface area contributed by atoms with Crippen molar-refractivity contribution < 1.29 is 4.74 Å². The lowest BCUT2D eigenvalue weighted by Gasteiger charge is -2.09. The van der Waals surface area contributed by atoms with Crippen LogP contribution in [-0.2, 0) is 0 Å². The minimum absolute atomic E-state index is 0.448. The van der Waals surface area contributed by atoms with Crippen molar-refractivity contribution in [3.63, 3.8) is 0 Å². The minimum Gasteiger partial charge on any atom is -0.476 e. The van der Waals surface area contributed by atoms with Gasteiger partial charge >= 0.3 is 0 Å². The largest absolute Gasteiger partial charge is 0.476 e. The summed E-state index contributed by atoms with van der Waals surface area (Å²) in [6.45, 7) is 7.34. The van der Waals surface area contributed by atoms with E-state index >= 15 is 0 Å². The van der Waals surface area contributed by atoms with Crippen molar-refractivity contribution in [1.82, 2.24) is 10.3 Å². The third kappa shape index (κ3) is 4.28. The van der Waals surface area contributed by atoms with Gasteiger partial charge in [-0.05, 0) is 13.0 Å². The molecule has 16 heavy (non-hydrogen) atoms. The van der Waals surface area contributed by atoms with Crippen LogP contribution in [0.3, 0.4) is 0 Å². The highest BCUT2D eigenvalue weighted by molar-refractivity contribution is 5.34. The predicted octanol–water partition coefficient (Wildman–Crippen LogP) is 1.64. The van der Waals surface area contributed by atoms with Crippen LogP contribution in [0, 0.1) is 18.3 Å². The summed E-state index contributed by atoms with van der Waals surface area (Å²) in [7, 11) is 0. The number of pyridine rings is 1. The van der Waals surface area contributed by atoms with Crippen molar-refractivity contribution in [1.29, 1.82) is 5.26 Å². The summed E-state index contributed by atoms with van der Waals surface area (Å²) in [5.74, 6) is 0.516. The van der Waals surface area contributed by atoms with Gasteiger partial charge in [0.15, 0.2) is 0 Å². The van der Waals surface area contributed by atoms with E-state index in [0.717, 1.165) is 12.2 Å². The maximum Gasteiger partial charge on any atom is 0.214 e. The molecule has 86 valence electrons. The molecule has 0 saturated heterocycles. The standard InChI is InChI=1S/C12H17N3O/c1-9(2)14-4-5-16-12-7-11(8-13)6-10(3)15-12/h6-7,9,14H,4-5H2,1-3H3. The van der Waals surface area contributed by atoms with Crippen LogP contribution in [0.4, 0.5) is 0 Å². The normalized spacial score (nSPS) is 10.2. The molecule has 0 aromatic carbocycles. The van der Waals surface area contributed by atoms with E-state index in [1.807, 2.05) is 6.92 Å². The van der Waals surface area contributed by atoms with Gasteiger partial charge in [0.25, 0.3) is 0 Å². The summed E-state index contributed by atoms with van der Waals surface area (Å²) in [4.78, 5) is 4.20. The Bertz CT molecular complexity index is 382. The molecule has 0 aliphatic heterocycles. The van der Waals surface area contributed by atoms with Crippen LogP contribution in [0.2, 0.25) is 0 Å². The number of rotatable bonds is 5. The Kier molecular flexibility index (Phi) is 4.74. The van der Waals surface area contributed by atoms with Gasteiger partial charge in [0.05, 0.1) is 11.6 Å². The van der Waals surface area contributed by atoms with Crippen molar-refractivity contribution in [2.24, 2.45) is 0 Å². The first kappa shape index (κ1) is 12.5. The average Bonchev–Trinajstić information content (AvgIpc) is 2.23. The van der Waals surface area contributed by atoms with Crippen molar-refractivity contribution >= 4 is 0 Å². The van der Waals surface area contributed by atoms with Crippen LogP contribution < -0.4 is 10.1 Å². The molecule has 1 aromatic rings. The molecule has 4 heteroatoms. The Morgan fingerprint density at radius 3 is 2.88 bits per heavy atom. The average molecular weight is 219 g/mol. The Morgan fingerprint density at radius 2 is 2.25 bits per heavy atom. The summed E-state index contributed by atoms with van der Waals surface area (Å²) in [5, 5.41) is 12.0. The molecular weight excluding hydrogens is 202 g/mol. The molecule has 4 nitrogen and oxygen atoms in total. The number of aryl methyl sites for hydroxylation is 1. The van der Waals surface area contributed by atoms with Gasteiger partial charge in [-0.1, -0.05) is 13.8 Å². The fourth-order valence-electron chi connectivity index (χ4n) is 1.28. The third-order valence-electron chi connectivity index (χ3n) is 1.96. The van der Waals surface area contributed by atoms with Crippen molar-refractivity contribution in [2.45, 2.75) is 26.8 Å².